The van der Waals surface area contributed by atoms with Gasteiger partial charge in [-0.15, -0.1) is 0 Å². The topological polar surface area (TPSA) is 62.5 Å². The van der Waals surface area contributed by atoms with Crippen LogP contribution in [0.15, 0.2) is 28.8 Å². The predicted molar refractivity (Wildman–Crippen MR) is 84.1 cm³/mol. The predicted octanol–water partition coefficient (Wildman–Crippen LogP) is 1.82. The van der Waals surface area contributed by atoms with E-state index >= 15 is 0 Å². The second-order valence-electron chi connectivity index (χ2n) is 5.52. The lowest BCUT2D eigenvalue weighted by atomic mass is 10.1. The highest BCUT2D eigenvalue weighted by atomic mass is 16.5. The van der Waals surface area contributed by atoms with Crippen molar-refractivity contribution in [3.8, 4) is 11.4 Å². The lowest BCUT2D eigenvalue weighted by molar-refractivity contribution is -0.129. The zero-order chi connectivity index (χ0) is 16.1. The molecule has 1 aromatic carbocycles. The monoisotopic (exact) mass is 302 g/mol. The summed E-state index contributed by atoms with van der Waals surface area (Å²) in [6, 6.07) is 8.11. The molecule has 1 heterocycles. The van der Waals surface area contributed by atoms with Crippen LogP contribution in [-0.4, -0.2) is 53.5 Å². The molecular formula is C16H22N4O2. The van der Waals surface area contributed by atoms with Crippen LogP contribution in [0.25, 0.3) is 11.4 Å². The van der Waals surface area contributed by atoms with Crippen LogP contribution >= 0.6 is 0 Å². The molecule has 0 aliphatic heterocycles. The Morgan fingerprint density at radius 1 is 1.18 bits per heavy atom. The minimum atomic E-state index is 0.0393. The molecule has 118 valence electrons. The Morgan fingerprint density at radius 2 is 1.86 bits per heavy atom. The maximum absolute atomic E-state index is 11.6. The first-order chi connectivity index (χ1) is 10.5. The van der Waals surface area contributed by atoms with Crippen LogP contribution in [0.1, 0.15) is 18.4 Å². The molecule has 0 unspecified atom stereocenters. The molecule has 0 spiro atoms. The second-order valence-corrected chi connectivity index (χ2v) is 5.52. The van der Waals surface area contributed by atoms with Crippen LogP contribution in [-0.2, 0) is 17.8 Å². The van der Waals surface area contributed by atoms with Crippen molar-refractivity contribution >= 4 is 5.91 Å². The number of carbonyl (C=O) groups excluding carboxylic acids is 1. The van der Waals surface area contributed by atoms with Crippen molar-refractivity contribution in [2.45, 2.75) is 19.9 Å². The lowest BCUT2D eigenvalue weighted by Crippen LogP contribution is -2.34. The fourth-order valence-electron chi connectivity index (χ4n) is 1.98. The smallest absolute Gasteiger partial charge is 0.241 e. The molecule has 6 heteroatoms. The molecule has 22 heavy (non-hydrogen) atoms. The third kappa shape index (κ3) is 4.14. The Hall–Kier alpha value is -2.21. The Balaban J connectivity index is 2.00. The van der Waals surface area contributed by atoms with E-state index in [1.165, 1.54) is 5.56 Å². The molecule has 1 amide bonds. The average Bonchev–Trinajstić information content (AvgIpc) is 2.95. The van der Waals surface area contributed by atoms with Crippen LogP contribution in [0, 0.1) is 0 Å². The summed E-state index contributed by atoms with van der Waals surface area (Å²) in [4.78, 5) is 19.4. The number of hydrogen-bond donors (Lipinski definition) is 0. The number of likely N-dealkylation sites (N-methyl/N-ethyl adjacent to an activating group) is 2. The SMILES string of the molecule is CCc1ccc(-c2noc(CN(C)CC(=O)N(C)C)n2)cc1. The molecule has 0 aliphatic rings. The van der Waals surface area contributed by atoms with Gasteiger partial charge < -0.3 is 9.42 Å². The Morgan fingerprint density at radius 3 is 2.45 bits per heavy atom. The molecule has 6 nitrogen and oxygen atoms in total. The highest BCUT2D eigenvalue weighted by Gasteiger charge is 2.13. The number of hydrogen-bond acceptors (Lipinski definition) is 5. The van der Waals surface area contributed by atoms with Crippen LogP contribution in [0.4, 0.5) is 0 Å². The number of aryl methyl sites for hydroxylation is 1. The van der Waals surface area contributed by atoms with Gasteiger partial charge in [0, 0.05) is 19.7 Å². The van der Waals surface area contributed by atoms with Crippen molar-refractivity contribution in [2.24, 2.45) is 0 Å². The summed E-state index contributed by atoms with van der Waals surface area (Å²) in [5.41, 5.74) is 2.20. The largest absolute Gasteiger partial charge is 0.348 e. The third-order valence-electron chi connectivity index (χ3n) is 3.40. The summed E-state index contributed by atoms with van der Waals surface area (Å²) in [6.07, 6.45) is 1.00. The van der Waals surface area contributed by atoms with Gasteiger partial charge in [0.15, 0.2) is 0 Å². The molecule has 0 saturated carbocycles. The van der Waals surface area contributed by atoms with Crippen molar-refractivity contribution in [3.63, 3.8) is 0 Å². The van der Waals surface area contributed by atoms with E-state index in [1.807, 2.05) is 24.1 Å². The standard InChI is InChI=1S/C16H22N4O2/c1-5-12-6-8-13(9-7-12)16-17-14(22-18-16)10-20(4)11-15(21)19(2)3/h6-9H,5,10-11H2,1-4H3. The lowest BCUT2D eigenvalue weighted by Gasteiger charge is -2.16. The Labute approximate surface area is 130 Å². The zero-order valence-corrected chi connectivity index (χ0v) is 13.5. The van der Waals surface area contributed by atoms with E-state index in [2.05, 4.69) is 29.2 Å². The van der Waals surface area contributed by atoms with E-state index in [0.29, 0.717) is 24.8 Å². The minimum Gasteiger partial charge on any atom is -0.348 e. The number of aromatic nitrogens is 2. The maximum atomic E-state index is 11.6. The maximum Gasteiger partial charge on any atom is 0.241 e. The highest BCUT2D eigenvalue weighted by Crippen LogP contribution is 2.17. The van der Waals surface area contributed by atoms with Gasteiger partial charge in [-0.3, -0.25) is 9.69 Å². The van der Waals surface area contributed by atoms with E-state index in [9.17, 15) is 4.79 Å². The van der Waals surface area contributed by atoms with Gasteiger partial charge in [0.05, 0.1) is 13.1 Å². The van der Waals surface area contributed by atoms with Gasteiger partial charge in [-0.25, -0.2) is 0 Å². The number of amides is 1. The van der Waals surface area contributed by atoms with Gasteiger partial charge in [-0.2, -0.15) is 4.98 Å². The summed E-state index contributed by atoms with van der Waals surface area (Å²) in [5, 5.41) is 4.00. The highest BCUT2D eigenvalue weighted by molar-refractivity contribution is 5.77. The Bertz CT molecular complexity index is 619. The fourth-order valence-corrected chi connectivity index (χ4v) is 1.98. The normalized spacial score (nSPS) is 11.0. The van der Waals surface area contributed by atoms with Gasteiger partial charge in [-0.1, -0.05) is 36.3 Å². The Kier molecular flexibility index (Phi) is 5.27. The van der Waals surface area contributed by atoms with Crippen LogP contribution in [0.5, 0.6) is 0 Å². The van der Waals surface area contributed by atoms with E-state index in [4.69, 9.17) is 4.52 Å². The van der Waals surface area contributed by atoms with E-state index < -0.39 is 0 Å². The van der Waals surface area contributed by atoms with Gasteiger partial charge >= 0.3 is 0 Å². The third-order valence-corrected chi connectivity index (χ3v) is 3.40. The summed E-state index contributed by atoms with van der Waals surface area (Å²) < 4.78 is 5.26. The first-order valence-corrected chi connectivity index (χ1v) is 7.30. The van der Waals surface area contributed by atoms with Gasteiger partial charge in [0.25, 0.3) is 0 Å². The molecule has 2 aromatic rings. The van der Waals surface area contributed by atoms with Crippen molar-refractivity contribution < 1.29 is 9.32 Å². The van der Waals surface area contributed by atoms with E-state index in [1.54, 1.807) is 19.0 Å². The molecule has 0 bridgehead atoms. The molecule has 0 fully saturated rings. The minimum absolute atomic E-state index is 0.0393. The summed E-state index contributed by atoms with van der Waals surface area (Å²) >= 11 is 0. The molecule has 1 aromatic heterocycles. The molecule has 0 saturated heterocycles. The van der Waals surface area contributed by atoms with E-state index in [0.717, 1.165) is 12.0 Å². The van der Waals surface area contributed by atoms with Crippen molar-refractivity contribution in [2.75, 3.05) is 27.7 Å². The number of rotatable bonds is 6. The van der Waals surface area contributed by atoms with Gasteiger partial charge in [0.1, 0.15) is 0 Å². The van der Waals surface area contributed by atoms with Crippen LogP contribution in [0.2, 0.25) is 0 Å². The molecule has 0 radical (unpaired) electrons. The molecule has 0 aliphatic carbocycles. The van der Waals surface area contributed by atoms with Gasteiger partial charge in [-0.05, 0) is 19.0 Å². The molecule has 2 rings (SSSR count). The first-order valence-electron chi connectivity index (χ1n) is 7.30. The van der Waals surface area contributed by atoms with Crippen LogP contribution in [0.3, 0.4) is 0 Å². The van der Waals surface area contributed by atoms with Crippen molar-refractivity contribution in [3.05, 3.63) is 35.7 Å². The second kappa shape index (κ2) is 7.17. The average molecular weight is 302 g/mol. The fraction of sp³-hybridized carbons (Fsp3) is 0.438. The van der Waals surface area contributed by atoms with Crippen molar-refractivity contribution in [1.29, 1.82) is 0 Å². The summed E-state index contributed by atoms with van der Waals surface area (Å²) in [5.74, 6) is 1.12. The number of carbonyl (C=O) groups is 1. The quantitative estimate of drug-likeness (QED) is 0.814. The number of nitrogens with zero attached hydrogens (tertiary/aromatic N) is 4. The molecule has 0 atom stereocenters. The first kappa shape index (κ1) is 16.2. The zero-order valence-electron chi connectivity index (χ0n) is 13.5. The molecular weight excluding hydrogens is 280 g/mol. The van der Waals surface area contributed by atoms with Crippen molar-refractivity contribution in [1.82, 2.24) is 19.9 Å². The van der Waals surface area contributed by atoms with Crippen LogP contribution < -0.4 is 0 Å². The summed E-state index contributed by atoms with van der Waals surface area (Å²) in [7, 11) is 5.32. The van der Waals surface area contributed by atoms with E-state index in [-0.39, 0.29) is 5.91 Å². The number of benzene rings is 1. The molecule has 0 N–H and O–H groups in total. The van der Waals surface area contributed by atoms with Gasteiger partial charge in [0.2, 0.25) is 17.6 Å². The summed E-state index contributed by atoms with van der Waals surface area (Å²) in [6.45, 7) is 2.88.